The summed E-state index contributed by atoms with van der Waals surface area (Å²) in [7, 11) is 0. The fourth-order valence-corrected chi connectivity index (χ4v) is 2.10. The molecule has 1 fully saturated rings. The largest absolute Gasteiger partial charge is 0.476 e. The molecule has 1 saturated heterocycles. The third-order valence-electron chi connectivity index (χ3n) is 3.09. The van der Waals surface area contributed by atoms with Crippen molar-refractivity contribution in [3.8, 4) is 0 Å². The molecule has 2 rings (SSSR count). The van der Waals surface area contributed by atoms with Gasteiger partial charge in [-0.3, -0.25) is 4.79 Å². The van der Waals surface area contributed by atoms with E-state index in [0.29, 0.717) is 18.9 Å². The van der Waals surface area contributed by atoms with Crippen molar-refractivity contribution in [2.24, 2.45) is 5.92 Å². The molecular formula is C12H16N4O3. The summed E-state index contributed by atoms with van der Waals surface area (Å²) in [6.45, 7) is 3.83. The zero-order chi connectivity index (χ0) is 13.8. The summed E-state index contributed by atoms with van der Waals surface area (Å²) in [5, 5.41) is 11.6. The normalized spacial score (nSPS) is 18.4. The van der Waals surface area contributed by atoms with Crippen LogP contribution in [0, 0.1) is 5.92 Å². The molecule has 102 valence electrons. The molecule has 1 aliphatic heterocycles. The van der Waals surface area contributed by atoms with Crippen LogP contribution in [0.3, 0.4) is 0 Å². The van der Waals surface area contributed by atoms with Crippen LogP contribution < -0.4 is 10.2 Å². The zero-order valence-electron chi connectivity index (χ0n) is 10.7. The van der Waals surface area contributed by atoms with Gasteiger partial charge < -0.3 is 15.3 Å². The summed E-state index contributed by atoms with van der Waals surface area (Å²) in [6, 6.07) is 0. The highest BCUT2D eigenvalue weighted by Gasteiger charge is 2.28. The van der Waals surface area contributed by atoms with Crippen molar-refractivity contribution >= 4 is 17.7 Å². The lowest BCUT2D eigenvalue weighted by Crippen LogP contribution is -2.32. The molecule has 0 aromatic carbocycles. The lowest BCUT2D eigenvalue weighted by Gasteiger charge is -2.16. The van der Waals surface area contributed by atoms with Gasteiger partial charge in [-0.15, -0.1) is 0 Å². The number of aromatic nitrogens is 2. The topological polar surface area (TPSA) is 95.4 Å². The van der Waals surface area contributed by atoms with Gasteiger partial charge in [0.25, 0.3) is 0 Å². The maximum Gasteiger partial charge on any atom is 0.356 e. The van der Waals surface area contributed by atoms with E-state index in [0.717, 1.165) is 13.0 Å². The van der Waals surface area contributed by atoms with E-state index < -0.39 is 5.97 Å². The number of carboxylic acid groups (broad SMARTS) is 1. The van der Waals surface area contributed by atoms with Crippen LogP contribution in [0.25, 0.3) is 0 Å². The lowest BCUT2D eigenvalue weighted by atomic mass is 10.1. The monoisotopic (exact) mass is 264 g/mol. The second kappa shape index (κ2) is 5.64. The molecule has 7 nitrogen and oxygen atoms in total. The van der Waals surface area contributed by atoms with Crippen molar-refractivity contribution in [1.82, 2.24) is 15.3 Å². The summed E-state index contributed by atoms with van der Waals surface area (Å²) in [5.41, 5.74) is -0.0803. The molecule has 2 heterocycles. The Labute approximate surface area is 110 Å². The quantitative estimate of drug-likeness (QED) is 0.803. The molecule has 0 radical (unpaired) electrons. The average molecular weight is 264 g/mol. The van der Waals surface area contributed by atoms with Gasteiger partial charge in [0.15, 0.2) is 5.69 Å². The molecule has 7 heteroatoms. The minimum absolute atomic E-state index is 0.0408. The van der Waals surface area contributed by atoms with Crippen LogP contribution in [-0.4, -0.2) is 46.6 Å². The minimum Gasteiger partial charge on any atom is -0.476 e. The van der Waals surface area contributed by atoms with Gasteiger partial charge >= 0.3 is 5.97 Å². The molecule has 0 bridgehead atoms. The number of nitrogens with one attached hydrogen (secondary N) is 1. The fraction of sp³-hybridized carbons (Fsp3) is 0.500. The van der Waals surface area contributed by atoms with E-state index in [-0.39, 0.29) is 17.5 Å². The summed E-state index contributed by atoms with van der Waals surface area (Å²) in [5.74, 6) is -0.474. The molecule has 0 spiro atoms. The first-order chi connectivity index (χ1) is 9.11. The molecule has 0 saturated carbocycles. The van der Waals surface area contributed by atoms with E-state index >= 15 is 0 Å². The Morgan fingerprint density at radius 3 is 2.84 bits per heavy atom. The van der Waals surface area contributed by atoms with Gasteiger partial charge in [-0.2, -0.15) is 0 Å². The van der Waals surface area contributed by atoms with E-state index in [2.05, 4.69) is 15.3 Å². The second-order valence-corrected chi connectivity index (χ2v) is 4.39. The van der Waals surface area contributed by atoms with Crippen LogP contribution in [-0.2, 0) is 4.79 Å². The van der Waals surface area contributed by atoms with E-state index in [4.69, 9.17) is 5.11 Å². The van der Waals surface area contributed by atoms with E-state index in [1.54, 1.807) is 0 Å². The number of hydrogen-bond acceptors (Lipinski definition) is 5. The third kappa shape index (κ3) is 2.98. The van der Waals surface area contributed by atoms with E-state index in [1.165, 1.54) is 12.4 Å². The Kier molecular flexibility index (Phi) is 3.94. The molecule has 1 aromatic rings. The van der Waals surface area contributed by atoms with Crippen molar-refractivity contribution in [3.05, 3.63) is 18.1 Å². The van der Waals surface area contributed by atoms with Crippen LogP contribution >= 0.6 is 0 Å². The average Bonchev–Trinajstić information content (AvgIpc) is 2.89. The van der Waals surface area contributed by atoms with Crippen molar-refractivity contribution in [1.29, 1.82) is 0 Å². The van der Waals surface area contributed by atoms with Crippen LogP contribution in [0.5, 0.6) is 0 Å². The molecular weight excluding hydrogens is 248 g/mol. The summed E-state index contributed by atoms with van der Waals surface area (Å²) in [4.78, 5) is 32.2. The number of anilines is 1. The molecule has 1 atom stereocenters. The van der Waals surface area contributed by atoms with Gasteiger partial charge in [0.05, 0.1) is 18.3 Å². The zero-order valence-corrected chi connectivity index (χ0v) is 10.7. The van der Waals surface area contributed by atoms with Gasteiger partial charge in [0, 0.05) is 19.6 Å². The highest BCUT2D eigenvalue weighted by atomic mass is 16.4. The maximum atomic E-state index is 11.7. The Morgan fingerprint density at radius 2 is 2.26 bits per heavy atom. The first-order valence-electron chi connectivity index (χ1n) is 6.19. The molecule has 1 aliphatic rings. The summed E-state index contributed by atoms with van der Waals surface area (Å²) < 4.78 is 0. The van der Waals surface area contributed by atoms with Crippen LogP contribution in [0.15, 0.2) is 12.4 Å². The smallest absolute Gasteiger partial charge is 0.356 e. The number of carbonyl (C=O) groups excluding carboxylic acids is 1. The molecule has 19 heavy (non-hydrogen) atoms. The predicted octanol–water partition coefficient (Wildman–Crippen LogP) is 0.137. The van der Waals surface area contributed by atoms with Crippen molar-refractivity contribution in [3.63, 3.8) is 0 Å². The van der Waals surface area contributed by atoms with Crippen LogP contribution in [0.1, 0.15) is 23.8 Å². The Balaban J connectivity index is 2.00. The van der Waals surface area contributed by atoms with Gasteiger partial charge in [-0.05, 0) is 13.3 Å². The van der Waals surface area contributed by atoms with Gasteiger partial charge in [0.1, 0.15) is 5.82 Å². The van der Waals surface area contributed by atoms with E-state index in [9.17, 15) is 9.59 Å². The first kappa shape index (κ1) is 13.3. The highest BCUT2D eigenvalue weighted by molar-refractivity contribution is 5.85. The van der Waals surface area contributed by atoms with Crippen molar-refractivity contribution in [2.75, 3.05) is 24.5 Å². The molecule has 1 amide bonds. The summed E-state index contributed by atoms with van der Waals surface area (Å²) in [6.07, 6.45) is 3.44. The standard InChI is InChI=1S/C12H16N4O3/c1-2-13-11(17)8-3-4-16(7-8)10-6-14-9(5-15-10)12(18)19/h5-6,8H,2-4,7H2,1H3,(H,13,17)(H,18,19). The van der Waals surface area contributed by atoms with E-state index in [1.807, 2.05) is 11.8 Å². The fourth-order valence-electron chi connectivity index (χ4n) is 2.10. The summed E-state index contributed by atoms with van der Waals surface area (Å²) >= 11 is 0. The maximum absolute atomic E-state index is 11.7. The van der Waals surface area contributed by atoms with Crippen LogP contribution in [0.2, 0.25) is 0 Å². The van der Waals surface area contributed by atoms with Gasteiger partial charge in [0.2, 0.25) is 5.91 Å². The van der Waals surface area contributed by atoms with Gasteiger partial charge in [-0.25, -0.2) is 14.8 Å². The number of amides is 1. The Bertz CT molecular complexity index is 474. The highest BCUT2D eigenvalue weighted by Crippen LogP contribution is 2.21. The minimum atomic E-state index is -1.10. The van der Waals surface area contributed by atoms with Gasteiger partial charge in [-0.1, -0.05) is 0 Å². The third-order valence-corrected chi connectivity index (χ3v) is 3.09. The Hall–Kier alpha value is -2.18. The van der Waals surface area contributed by atoms with Crippen molar-refractivity contribution < 1.29 is 14.7 Å². The lowest BCUT2D eigenvalue weighted by molar-refractivity contribution is -0.124. The number of nitrogens with zero attached hydrogens (tertiary/aromatic N) is 3. The number of hydrogen-bond donors (Lipinski definition) is 2. The number of carbonyl (C=O) groups is 2. The van der Waals surface area contributed by atoms with Crippen LogP contribution in [0.4, 0.5) is 5.82 Å². The number of carboxylic acids is 1. The first-order valence-corrected chi connectivity index (χ1v) is 6.19. The predicted molar refractivity (Wildman–Crippen MR) is 68.0 cm³/mol. The SMILES string of the molecule is CCNC(=O)C1CCN(c2cnc(C(=O)O)cn2)C1. The molecule has 1 aromatic heterocycles. The number of rotatable bonds is 4. The second-order valence-electron chi connectivity index (χ2n) is 4.39. The Morgan fingerprint density at radius 1 is 1.47 bits per heavy atom. The number of aromatic carboxylic acids is 1. The molecule has 0 aliphatic carbocycles. The van der Waals surface area contributed by atoms with Crippen molar-refractivity contribution in [2.45, 2.75) is 13.3 Å². The molecule has 2 N–H and O–H groups in total. The molecule has 1 unspecified atom stereocenters.